The van der Waals surface area contributed by atoms with Gasteiger partial charge in [-0.3, -0.25) is 0 Å². The molecule has 0 aromatic heterocycles. The Bertz CT molecular complexity index is 667. The summed E-state index contributed by atoms with van der Waals surface area (Å²) in [5.41, 5.74) is 3.13. The van der Waals surface area contributed by atoms with Crippen LogP contribution in [-0.2, 0) is 13.0 Å². The molecule has 2 aliphatic heterocycles. The number of piperidine rings is 1. The van der Waals surface area contributed by atoms with E-state index in [9.17, 15) is 5.21 Å². The summed E-state index contributed by atoms with van der Waals surface area (Å²) in [6.45, 7) is 5.25. The standard InChI is InChI=1S/C20H31N3O3/c1-5-23(24)20(8-10-22(2)11-9-20)19-7-6-17-15(14-21-19)12-16(25-3)13-18(17)26-4/h7,12-13,21,24H,5-6,8-11,14H2,1-4H3. The molecule has 0 unspecified atom stereocenters. The fourth-order valence-electron chi connectivity index (χ4n) is 4.14. The normalized spacial score (nSPS) is 20.0. The van der Waals surface area contributed by atoms with Gasteiger partial charge in [-0.2, -0.15) is 5.06 Å². The van der Waals surface area contributed by atoms with Crippen molar-refractivity contribution < 1.29 is 14.7 Å². The van der Waals surface area contributed by atoms with Crippen LogP contribution in [0.15, 0.2) is 23.9 Å². The van der Waals surface area contributed by atoms with Crippen molar-refractivity contribution in [1.29, 1.82) is 0 Å². The van der Waals surface area contributed by atoms with Crippen molar-refractivity contribution in [2.75, 3.05) is 40.9 Å². The fraction of sp³-hybridized carbons (Fsp3) is 0.600. The molecule has 6 nitrogen and oxygen atoms in total. The number of benzene rings is 1. The van der Waals surface area contributed by atoms with E-state index in [-0.39, 0.29) is 5.54 Å². The van der Waals surface area contributed by atoms with Gasteiger partial charge in [-0.25, -0.2) is 0 Å². The van der Waals surface area contributed by atoms with Gasteiger partial charge in [0.25, 0.3) is 0 Å². The van der Waals surface area contributed by atoms with Crippen molar-refractivity contribution in [2.24, 2.45) is 0 Å². The predicted molar refractivity (Wildman–Crippen MR) is 102 cm³/mol. The summed E-state index contributed by atoms with van der Waals surface area (Å²) in [5.74, 6) is 1.66. The number of methoxy groups -OCH3 is 2. The van der Waals surface area contributed by atoms with E-state index in [0.29, 0.717) is 13.1 Å². The van der Waals surface area contributed by atoms with Gasteiger partial charge in [-0.05, 0) is 37.9 Å². The smallest absolute Gasteiger partial charge is 0.126 e. The summed E-state index contributed by atoms with van der Waals surface area (Å²) >= 11 is 0. The lowest BCUT2D eigenvalue weighted by Crippen LogP contribution is -2.57. The highest BCUT2D eigenvalue weighted by Gasteiger charge is 2.42. The van der Waals surface area contributed by atoms with Gasteiger partial charge in [-0.15, -0.1) is 0 Å². The highest BCUT2D eigenvalue weighted by atomic mass is 16.5. The zero-order valence-electron chi connectivity index (χ0n) is 16.3. The molecular weight excluding hydrogens is 330 g/mol. The average molecular weight is 361 g/mol. The SMILES string of the molecule is CCN(O)C1(C2=CCc3c(cc(OC)cc3OC)CN2)CCN(C)CC1. The summed E-state index contributed by atoms with van der Waals surface area (Å²) in [6.07, 6.45) is 4.82. The third kappa shape index (κ3) is 3.41. The number of hydroxylamine groups is 2. The van der Waals surface area contributed by atoms with E-state index in [1.807, 2.05) is 13.0 Å². The van der Waals surface area contributed by atoms with Gasteiger partial charge in [0.2, 0.25) is 0 Å². The maximum atomic E-state index is 10.8. The van der Waals surface area contributed by atoms with Crippen LogP contribution in [0.1, 0.15) is 30.9 Å². The molecule has 1 aromatic carbocycles. The molecule has 0 radical (unpaired) electrons. The van der Waals surface area contributed by atoms with E-state index in [2.05, 4.69) is 29.4 Å². The zero-order valence-corrected chi connectivity index (χ0v) is 16.3. The molecule has 2 aliphatic rings. The maximum Gasteiger partial charge on any atom is 0.126 e. The van der Waals surface area contributed by atoms with Gasteiger partial charge in [0.1, 0.15) is 11.5 Å². The number of likely N-dealkylation sites (tertiary alicyclic amines) is 1. The number of nitrogens with one attached hydrogen (secondary N) is 1. The lowest BCUT2D eigenvalue weighted by molar-refractivity contribution is -0.172. The third-order valence-electron chi connectivity index (χ3n) is 5.82. The fourth-order valence-corrected chi connectivity index (χ4v) is 4.14. The first-order valence-electron chi connectivity index (χ1n) is 9.37. The van der Waals surface area contributed by atoms with Crippen LogP contribution >= 0.6 is 0 Å². The summed E-state index contributed by atoms with van der Waals surface area (Å²) < 4.78 is 11.0. The monoisotopic (exact) mass is 361 g/mol. The number of likely N-dealkylation sites (N-methyl/N-ethyl adjacent to an activating group) is 1. The molecular formula is C20H31N3O3. The molecule has 6 heteroatoms. The van der Waals surface area contributed by atoms with Crippen LogP contribution in [-0.4, -0.2) is 61.6 Å². The summed E-state index contributed by atoms with van der Waals surface area (Å²) in [5, 5.41) is 15.9. The number of hydrogen-bond donors (Lipinski definition) is 2. The van der Waals surface area contributed by atoms with Crippen molar-refractivity contribution in [3.05, 3.63) is 35.0 Å². The molecule has 1 fully saturated rings. The summed E-state index contributed by atoms with van der Waals surface area (Å²) in [6, 6.07) is 4.01. The second-order valence-corrected chi connectivity index (χ2v) is 7.19. The molecule has 144 valence electrons. The molecule has 1 saturated heterocycles. The number of rotatable bonds is 5. The first-order valence-corrected chi connectivity index (χ1v) is 9.37. The Hall–Kier alpha value is -1.76. The molecule has 0 amide bonds. The Kier molecular flexibility index (Phi) is 5.75. The second kappa shape index (κ2) is 7.86. The molecule has 0 bridgehead atoms. The van der Waals surface area contributed by atoms with Crippen molar-refractivity contribution in [2.45, 2.75) is 38.3 Å². The molecule has 0 saturated carbocycles. The van der Waals surface area contributed by atoms with Crippen LogP contribution in [0.25, 0.3) is 0 Å². The second-order valence-electron chi connectivity index (χ2n) is 7.19. The van der Waals surface area contributed by atoms with E-state index >= 15 is 0 Å². The number of hydrogen-bond acceptors (Lipinski definition) is 6. The Labute approximate surface area is 156 Å². The van der Waals surface area contributed by atoms with Gasteiger partial charge in [0.15, 0.2) is 0 Å². The molecule has 2 heterocycles. The molecule has 0 aliphatic carbocycles. The first kappa shape index (κ1) is 19.0. The summed E-state index contributed by atoms with van der Waals surface area (Å²) in [4.78, 5) is 2.32. The van der Waals surface area contributed by atoms with Crippen LogP contribution in [0.3, 0.4) is 0 Å². The van der Waals surface area contributed by atoms with Crippen molar-refractivity contribution in [3.8, 4) is 11.5 Å². The number of ether oxygens (including phenoxy) is 2. The quantitative estimate of drug-likeness (QED) is 0.786. The van der Waals surface area contributed by atoms with Gasteiger partial charge >= 0.3 is 0 Å². The lowest BCUT2D eigenvalue weighted by Gasteiger charge is -2.46. The van der Waals surface area contributed by atoms with Crippen molar-refractivity contribution in [3.63, 3.8) is 0 Å². The average Bonchev–Trinajstić information content (AvgIpc) is 2.90. The van der Waals surface area contributed by atoms with Gasteiger partial charge in [0, 0.05) is 43.5 Å². The van der Waals surface area contributed by atoms with Crippen LogP contribution < -0.4 is 14.8 Å². The molecule has 26 heavy (non-hydrogen) atoms. The van der Waals surface area contributed by atoms with Gasteiger partial charge in [0.05, 0.1) is 19.8 Å². The molecule has 0 atom stereocenters. The minimum Gasteiger partial charge on any atom is -0.497 e. The molecule has 0 spiro atoms. The minimum absolute atomic E-state index is 0.347. The topological polar surface area (TPSA) is 57.2 Å². The van der Waals surface area contributed by atoms with E-state index in [1.54, 1.807) is 14.2 Å². The lowest BCUT2D eigenvalue weighted by atomic mass is 9.83. The Morgan fingerprint density at radius 2 is 1.96 bits per heavy atom. The third-order valence-corrected chi connectivity index (χ3v) is 5.82. The predicted octanol–water partition coefficient (Wildman–Crippen LogP) is 2.41. The Balaban J connectivity index is 1.93. The van der Waals surface area contributed by atoms with Gasteiger partial charge in [-0.1, -0.05) is 13.0 Å². The Morgan fingerprint density at radius 3 is 2.58 bits per heavy atom. The van der Waals surface area contributed by atoms with E-state index in [0.717, 1.165) is 49.5 Å². The highest BCUT2D eigenvalue weighted by molar-refractivity contribution is 5.49. The van der Waals surface area contributed by atoms with Crippen molar-refractivity contribution >= 4 is 0 Å². The van der Waals surface area contributed by atoms with E-state index in [4.69, 9.17) is 9.47 Å². The maximum absolute atomic E-state index is 10.8. The number of allylic oxidation sites excluding steroid dienone is 1. The Morgan fingerprint density at radius 1 is 1.23 bits per heavy atom. The molecule has 1 aromatic rings. The largest absolute Gasteiger partial charge is 0.497 e. The van der Waals surface area contributed by atoms with Gasteiger partial charge < -0.3 is 24.9 Å². The zero-order chi connectivity index (χ0) is 18.7. The highest BCUT2D eigenvalue weighted by Crippen LogP contribution is 2.37. The molecule has 3 rings (SSSR count). The van der Waals surface area contributed by atoms with E-state index < -0.39 is 0 Å². The first-order chi connectivity index (χ1) is 12.5. The minimum atomic E-state index is -0.347. The van der Waals surface area contributed by atoms with Crippen LogP contribution in [0.5, 0.6) is 11.5 Å². The molecule has 2 N–H and O–H groups in total. The van der Waals surface area contributed by atoms with Crippen LogP contribution in [0.4, 0.5) is 0 Å². The number of nitrogens with zero attached hydrogens (tertiary/aromatic N) is 2. The van der Waals surface area contributed by atoms with Crippen molar-refractivity contribution in [1.82, 2.24) is 15.3 Å². The van der Waals surface area contributed by atoms with E-state index in [1.165, 1.54) is 16.2 Å². The number of fused-ring (bicyclic) bond motifs is 1. The van der Waals surface area contributed by atoms with Crippen LogP contribution in [0.2, 0.25) is 0 Å². The summed E-state index contributed by atoms with van der Waals surface area (Å²) in [7, 11) is 5.51. The van der Waals surface area contributed by atoms with Crippen LogP contribution in [0, 0.1) is 0 Å².